The highest BCUT2D eigenvalue weighted by Gasteiger charge is 2.21. The lowest BCUT2D eigenvalue weighted by atomic mass is 10.1. The molecule has 128 valence electrons. The molecule has 0 saturated carbocycles. The number of fused-ring (bicyclic) bond motifs is 1. The maximum absolute atomic E-state index is 12.2. The Morgan fingerprint density at radius 3 is 2.96 bits per heavy atom. The van der Waals surface area contributed by atoms with E-state index in [1.165, 1.54) is 10.6 Å². The number of esters is 1. The van der Waals surface area contributed by atoms with Gasteiger partial charge in [-0.25, -0.2) is 14.6 Å². The molecule has 0 bridgehead atoms. The van der Waals surface area contributed by atoms with Crippen LogP contribution in [0.2, 0.25) is 0 Å². The maximum atomic E-state index is 12.2. The molecule has 0 amide bonds. The highest BCUT2D eigenvalue weighted by Crippen LogP contribution is 2.17. The molecule has 3 rings (SSSR count). The Bertz CT molecular complexity index is 893. The fraction of sp³-hybridized carbons (Fsp3) is 0.500. The Kier molecular flexibility index (Phi) is 4.48. The number of ether oxygens (including phenoxy) is 2. The second-order valence-electron chi connectivity index (χ2n) is 5.72. The SMILES string of the molecule is CCOC(=O)c1cc2c(=O)[nH]c(=O)n(CC3CCCO3)c2nc1C. The molecule has 0 aromatic carbocycles. The average molecular weight is 333 g/mol. The van der Waals surface area contributed by atoms with Crippen molar-refractivity contribution < 1.29 is 14.3 Å². The summed E-state index contributed by atoms with van der Waals surface area (Å²) < 4.78 is 11.9. The van der Waals surface area contributed by atoms with Crippen LogP contribution in [-0.4, -0.2) is 39.8 Å². The van der Waals surface area contributed by atoms with Gasteiger partial charge in [0.2, 0.25) is 0 Å². The fourth-order valence-electron chi connectivity index (χ4n) is 2.87. The summed E-state index contributed by atoms with van der Waals surface area (Å²) in [6.07, 6.45) is 1.72. The molecule has 0 aliphatic carbocycles. The standard InChI is InChI=1S/C16H19N3O5/c1-3-23-15(21)11-7-12-13(17-9(11)2)19(16(22)18-14(12)20)8-10-5-4-6-24-10/h7,10H,3-6,8H2,1-2H3,(H,18,20,22). The Hall–Kier alpha value is -2.48. The van der Waals surface area contributed by atoms with Crippen molar-refractivity contribution in [1.29, 1.82) is 0 Å². The molecule has 1 aliphatic heterocycles. The molecular formula is C16H19N3O5. The van der Waals surface area contributed by atoms with E-state index >= 15 is 0 Å². The van der Waals surface area contributed by atoms with Gasteiger partial charge in [0.15, 0.2) is 0 Å². The van der Waals surface area contributed by atoms with Gasteiger partial charge >= 0.3 is 11.7 Å². The number of H-pyrrole nitrogens is 1. The van der Waals surface area contributed by atoms with Crippen molar-refractivity contribution in [2.24, 2.45) is 0 Å². The lowest BCUT2D eigenvalue weighted by Crippen LogP contribution is -2.34. The average Bonchev–Trinajstić information content (AvgIpc) is 3.04. The van der Waals surface area contributed by atoms with Crippen LogP contribution in [0.5, 0.6) is 0 Å². The summed E-state index contributed by atoms with van der Waals surface area (Å²) in [5, 5.41) is 0.182. The minimum Gasteiger partial charge on any atom is -0.462 e. The van der Waals surface area contributed by atoms with Gasteiger partial charge in [-0.2, -0.15) is 0 Å². The van der Waals surface area contributed by atoms with E-state index < -0.39 is 17.2 Å². The zero-order valence-corrected chi connectivity index (χ0v) is 13.6. The molecule has 1 fully saturated rings. The third-order valence-corrected chi connectivity index (χ3v) is 4.06. The van der Waals surface area contributed by atoms with E-state index in [4.69, 9.17) is 9.47 Å². The smallest absolute Gasteiger partial charge is 0.339 e. The second-order valence-corrected chi connectivity index (χ2v) is 5.72. The van der Waals surface area contributed by atoms with Gasteiger partial charge in [0.25, 0.3) is 5.56 Å². The molecule has 0 radical (unpaired) electrons. The van der Waals surface area contributed by atoms with Crippen molar-refractivity contribution in [3.63, 3.8) is 0 Å². The number of aromatic nitrogens is 3. The predicted molar refractivity (Wildman–Crippen MR) is 86.3 cm³/mol. The first-order valence-corrected chi connectivity index (χ1v) is 7.94. The van der Waals surface area contributed by atoms with Gasteiger partial charge in [-0.05, 0) is 32.8 Å². The minimum atomic E-state index is -0.573. The first-order chi connectivity index (χ1) is 11.5. The van der Waals surface area contributed by atoms with Gasteiger partial charge in [0.05, 0.1) is 35.9 Å². The molecular weight excluding hydrogens is 314 g/mol. The molecule has 8 nitrogen and oxygen atoms in total. The third kappa shape index (κ3) is 2.96. The van der Waals surface area contributed by atoms with E-state index in [-0.39, 0.29) is 29.3 Å². The Morgan fingerprint density at radius 1 is 1.50 bits per heavy atom. The monoisotopic (exact) mass is 333 g/mol. The van der Waals surface area contributed by atoms with Crippen LogP contribution >= 0.6 is 0 Å². The maximum Gasteiger partial charge on any atom is 0.339 e. The molecule has 8 heteroatoms. The topological polar surface area (TPSA) is 103 Å². The summed E-state index contributed by atoms with van der Waals surface area (Å²) in [6.45, 7) is 4.56. The lowest BCUT2D eigenvalue weighted by molar-refractivity contribution is 0.0525. The van der Waals surface area contributed by atoms with E-state index in [1.807, 2.05) is 0 Å². The number of carbonyl (C=O) groups is 1. The molecule has 1 unspecified atom stereocenters. The molecule has 1 N–H and O–H groups in total. The van der Waals surface area contributed by atoms with Crippen molar-refractivity contribution in [1.82, 2.24) is 14.5 Å². The highest BCUT2D eigenvalue weighted by molar-refractivity contribution is 5.94. The van der Waals surface area contributed by atoms with Gasteiger partial charge in [-0.3, -0.25) is 14.3 Å². The van der Waals surface area contributed by atoms with Crippen LogP contribution in [0.1, 0.15) is 35.8 Å². The minimum absolute atomic E-state index is 0.0800. The zero-order chi connectivity index (χ0) is 17.3. The summed E-state index contributed by atoms with van der Waals surface area (Å²) in [6, 6.07) is 1.43. The number of aryl methyl sites for hydroxylation is 1. The predicted octanol–water partition coefficient (Wildman–Crippen LogP) is 0.749. The van der Waals surface area contributed by atoms with Crippen molar-refractivity contribution in [2.75, 3.05) is 13.2 Å². The van der Waals surface area contributed by atoms with Crippen molar-refractivity contribution in [2.45, 2.75) is 39.3 Å². The summed E-state index contributed by atoms with van der Waals surface area (Å²) >= 11 is 0. The first kappa shape index (κ1) is 16.4. The van der Waals surface area contributed by atoms with Gasteiger partial charge < -0.3 is 9.47 Å². The van der Waals surface area contributed by atoms with Gasteiger partial charge in [-0.15, -0.1) is 0 Å². The summed E-state index contributed by atoms with van der Waals surface area (Å²) in [4.78, 5) is 42.9. The molecule has 1 aliphatic rings. The quantitative estimate of drug-likeness (QED) is 0.828. The van der Waals surface area contributed by atoms with Gasteiger partial charge in [0.1, 0.15) is 5.65 Å². The van der Waals surface area contributed by atoms with E-state index in [0.29, 0.717) is 18.8 Å². The number of hydrogen-bond donors (Lipinski definition) is 1. The summed E-state index contributed by atoms with van der Waals surface area (Å²) in [5.74, 6) is -0.541. The second kappa shape index (κ2) is 6.56. The summed E-state index contributed by atoms with van der Waals surface area (Å²) in [7, 11) is 0. The van der Waals surface area contributed by atoms with E-state index in [1.54, 1.807) is 13.8 Å². The number of carbonyl (C=O) groups excluding carboxylic acids is 1. The fourth-order valence-corrected chi connectivity index (χ4v) is 2.87. The summed E-state index contributed by atoms with van der Waals surface area (Å²) in [5.41, 5.74) is -0.218. The number of aromatic amines is 1. The van der Waals surface area contributed by atoms with Crippen molar-refractivity contribution >= 4 is 17.0 Å². The Labute approximate surface area is 137 Å². The van der Waals surface area contributed by atoms with Crippen LogP contribution in [0.15, 0.2) is 15.7 Å². The van der Waals surface area contributed by atoms with Crippen molar-refractivity contribution in [3.8, 4) is 0 Å². The van der Waals surface area contributed by atoms with Crippen LogP contribution in [0.4, 0.5) is 0 Å². The van der Waals surface area contributed by atoms with Crippen LogP contribution in [-0.2, 0) is 16.0 Å². The highest BCUT2D eigenvalue weighted by atomic mass is 16.5. The number of pyridine rings is 1. The van der Waals surface area contributed by atoms with Crippen LogP contribution in [0, 0.1) is 6.92 Å². The molecule has 1 saturated heterocycles. The molecule has 0 spiro atoms. The van der Waals surface area contributed by atoms with E-state index in [2.05, 4.69) is 9.97 Å². The number of nitrogens with zero attached hydrogens (tertiary/aromatic N) is 2. The number of hydrogen-bond acceptors (Lipinski definition) is 6. The molecule has 3 heterocycles. The van der Waals surface area contributed by atoms with E-state index in [0.717, 1.165) is 12.8 Å². The van der Waals surface area contributed by atoms with Crippen LogP contribution < -0.4 is 11.2 Å². The van der Waals surface area contributed by atoms with E-state index in [9.17, 15) is 14.4 Å². The van der Waals surface area contributed by atoms with Crippen molar-refractivity contribution in [3.05, 3.63) is 38.2 Å². The zero-order valence-electron chi connectivity index (χ0n) is 13.6. The molecule has 2 aromatic rings. The van der Waals surface area contributed by atoms with Gasteiger partial charge in [0, 0.05) is 6.61 Å². The largest absolute Gasteiger partial charge is 0.462 e. The Balaban J connectivity index is 2.15. The third-order valence-electron chi connectivity index (χ3n) is 4.06. The Morgan fingerprint density at radius 2 is 2.29 bits per heavy atom. The number of rotatable bonds is 4. The normalized spacial score (nSPS) is 17.3. The number of nitrogens with one attached hydrogen (secondary N) is 1. The lowest BCUT2D eigenvalue weighted by Gasteiger charge is -2.14. The molecule has 24 heavy (non-hydrogen) atoms. The molecule has 1 atom stereocenters. The van der Waals surface area contributed by atoms with Crippen LogP contribution in [0.25, 0.3) is 11.0 Å². The van der Waals surface area contributed by atoms with Gasteiger partial charge in [-0.1, -0.05) is 0 Å². The van der Waals surface area contributed by atoms with Crippen LogP contribution in [0.3, 0.4) is 0 Å². The molecule has 2 aromatic heterocycles. The first-order valence-electron chi connectivity index (χ1n) is 7.94.